The number of carbonyl (C=O) groups excluding carboxylic acids is 1. The zero-order chi connectivity index (χ0) is 12.3. The number of carbonyl (C=O) groups is 1. The van der Waals surface area contributed by atoms with Crippen molar-refractivity contribution in [3.8, 4) is 0 Å². The molecule has 1 aliphatic rings. The largest absolute Gasteiger partial charge is 0.391 e. The number of aliphatic hydroxyl groups is 1. The molecule has 1 aromatic rings. The minimum Gasteiger partial charge on any atom is -0.391 e. The fourth-order valence-corrected chi connectivity index (χ4v) is 2.17. The monoisotopic (exact) mass is 237 g/mol. The van der Waals surface area contributed by atoms with Crippen LogP contribution in [0.15, 0.2) is 24.3 Å². The van der Waals surface area contributed by atoms with Gasteiger partial charge in [0.1, 0.15) is 5.82 Å². The molecule has 4 heteroatoms. The fraction of sp³-hybridized carbons (Fsp3) is 0.462. The molecule has 0 spiro atoms. The van der Waals surface area contributed by atoms with Crippen molar-refractivity contribution in [2.24, 2.45) is 0 Å². The summed E-state index contributed by atoms with van der Waals surface area (Å²) < 4.78 is 13.4. The summed E-state index contributed by atoms with van der Waals surface area (Å²) in [5, 5.41) is 12.4. The molecule has 1 amide bonds. The fourth-order valence-electron chi connectivity index (χ4n) is 2.17. The Bertz CT molecular complexity index is 408. The number of hydrogen-bond acceptors (Lipinski definition) is 2. The standard InChI is InChI=1S/C13H16FNO2/c14-10-6-2-1-5-9(10)13(17)15-11-7-3-4-8-12(11)16/h1-2,5-6,11-12,16H,3-4,7-8H2,(H,15,17). The molecule has 0 radical (unpaired) electrons. The summed E-state index contributed by atoms with van der Waals surface area (Å²) in [5.74, 6) is -0.982. The highest BCUT2D eigenvalue weighted by Crippen LogP contribution is 2.19. The summed E-state index contributed by atoms with van der Waals surface area (Å²) in [6, 6.07) is 5.61. The van der Waals surface area contributed by atoms with Gasteiger partial charge in [-0.1, -0.05) is 25.0 Å². The normalized spacial score (nSPS) is 24.4. The molecule has 0 aliphatic heterocycles. The lowest BCUT2D eigenvalue weighted by Gasteiger charge is -2.28. The van der Waals surface area contributed by atoms with Gasteiger partial charge in [0.25, 0.3) is 5.91 Å². The smallest absolute Gasteiger partial charge is 0.254 e. The summed E-state index contributed by atoms with van der Waals surface area (Å²) in [4.78, 5) is 11.8. The van der Waals surface area contributed by atoms with Crippen molar-refractivity contribution in [1.29, 1.82) is 0 Å². The molecule has 0 saturated heterocycles. The van der Waals surface area contributed by atoms with Gasteiger partial charge in [0, 0.05) is 0 Å². The van der Waals surface area contributed by atoms with Gasteiger partial charge in [0.2, 0.25) is 0 Å². The third-order valence-electron chi connectivity index (χ3n) is 3.16. The Morgan fingerprint density at radius 3 is 2.71 bits per heavy atom. The van der Waals surface area contributed by atoms with Crippen LogP contribution < -0.4 is 5.32 Å². The van der Waals surface area contributed by atoms with Gasteiger partial charge in [0.05, 0.1) is 17.7 Å². The van der Waals surface area contributed by atoms with E-state index in [1.807, 2.05) is 0 Å². The molecule has 2 rings (SSSR count). The Kier molecular flexibility index (Phi) is 3.74. The number of amides is 1. The number of aliphatic hydroxyl groups excluding tert-OH is 1. The summed E-state index contributed by atoms with van der Waals surface area (Å²) in [7, 11) is 0. The van der Waals surface area contributed by atoms with Gasteiger partial charge in [-0.3, -0.25) is 4.79 Å². The van der Waals surface area contributed by atoms with Crippen LogP contribution in [-0.4, -0.2) is 23.2 Å². The van der Waals surface area contributed by atoms with Gasteiger partial charge >= 0.3 is 0 Å². The molecule has 2 N–H and O–H groups in total. The van der Waals surface area contributed by atoms with Crippen LogP contribution >= 0.6 is 0 Å². The van der Waals surface area contributed by atoms with Crippen molar-refractivity contribution in [3.63, 3.8) is 0 Å². The minimum atomic E-state index is -0.532. The van der Waals surface area contributed by atoms with Crippen LogP contribution in [0.2, 0.25) is 0 Å². The average Bonchev–Trinajstić information content (AvgIpc) is 2.32. The van der Waals surface area contributed by atoms with E-state index in [2.05, 4.69) is 5.32 Å². The first kappa shape index (κ1) is 12.0. The number of rotatable bonds is 2. The van der Waals surface area contributed by atoms with E-state index in [0.717, 1.165) is 19.3 Å². The molecule has 1 saturated carbocycles. The van der Waals surface area contributed by atoms with E-state index in [9.17, 15) is 14.3 Å². The molecule has 2 atom stereocenters. The number of nitrogens with one attached hydrogen (secondary N) is 1. The maximum absolute atomic E-state index is 13.4. The molecule has 92 valence electrons. The van der Waals surface area contributed by atoms with Crippen LogP contribution in [-0.2, 0) is 0 Å². The van der Waals surface area contributed by atoms with E-state index in [0.29, 0.717) is 6.42 Å². The van der Waals surface area contributed by atoms with E-state index in [4.69, 9.17) is 0 Å². The predicted molar refractivity (Wildman–Crippen MR) is 62.1 cm³/mol. The predicted octanol–water partition coefficient (Wildman–Crippen LogP) is 1.86. The maximum Gasteiger partial charge on any atom is 0.254 e. The molecule has 3 nitrogen and oxygen atoms in total. The zero-order valence-corrected chi connectivity index (χ0v) is 9.53. The number of halogens is 1. The number of benzene rings is 1. The van der Waals surface area contributed by atoms with Crippen LogP contribution in [0.3, 0.4) is 0 Å². The molecule has 17 heavy (non-hydrogen) atoms. The lowest BCUT2D eigenvalue weighted by molar-refractivity contribution is 0.0714. The molecule has 0 bridgehead atoms. The third-order valence-corrected chi connectivity index (χ3v) is 3.16. The first-order valence-electron chi connectivity index (χ1n) is 5.92. The van der Waals surface area contributed by atoms with Gasteiger partial charge in [-0.25, -0.2) is 4.39 Å². The first-order chi connectivity index (χ1) is 8.18. The second kappa shape index (κ2) is 5.27. The first-order valence-corrected chi connectivity index (χ1v) is 5.92. The van der Waals surface area contributed by atoms with E-state index < -0.39 is 17.8 Å². The minimum absolute atomic E-state index is 0.0327. The molecule has 1 fully saturated rings. The van der Waals surface area contributed by atoms with Crippen LogP contribution in [0.4, 0.5) is 4.39 Å². The van der Waals surface area contributed by atoms with Gasteiger partial charge in [-0.05, 0) is 25.0 Å². The summed E-state index contributed by atoms with van der Waals surface area (Å²) >= 11 is 0. The van der Waals surface area contributed by atoms with E-state index in [1.165, 1.54) is 12.1 Å². The Hall–Kier alpha value is -1.42. The van der Waals surface area contributed by atoms with Gasteiger partial charge in [-0.2, -0.15) is 0 Å². The molecule has 0 aromatic heterocycles. The molecule has 2 unspecified atom stereocenters. The molecular weight excluding hydrogens is 221 g/mol. The van der Waals surface area contributed by atoms with Gasteiger partial charge < -0.3 is 10.4 Å². The van der Waals surface area contributed by atoms with Crippen molar-refractivity contribution in [3.05, 3.63) is 35.6 Å². The summed E-state index contributed by atoms with van der Waals surface area (Å²) in [6.07, 6.45) is 2.90. The van der Waals surface area contributed by atoms with E-state index >= 15 is 0 Å². The SMILES string of the molecule is O=C(NC1CCCCC1O)c1ccccc1F. The highest BCUT2D eigenvalue weighted by atomic mass is 19.1. The second-order valence-corrected chi connectivity index (χ2v) is 4.41. The topological polar surface area (TPSA) is 49.3 Å². The number of hydrogen-bond donors (Lipinski definition) is 2. The van der Waals surface area contributed by atoms with Crippen molar-refractivity contribution in [1.82, 2.24) is 5.32 Å². The van der Waals surface area contributed by atoms with Crippen molar-refractivity contribution in [2.45, 2.75) is 37.8 Å². The quantitative estimate of drug-likeness (QED) is 0.824. The maximum atomic E-state index is 13.4. The molecule has 1 aliphatic carbocycles. The summed E-state index contributed by atoms with van der Waals surface area (Å²) in [6.45, 7) is 0. The lowest BCUT2D eigenvalue weighted by Crippen LogP contribution is -2.45. The Morgan fingerprint density at radius 1 is 1.29 bits per heavy atom. The van der Waals surface area contributed by atoms with Crippen LogP contribution in [0.25, 0.3) is 0 Å². The Morgan fingerprint density at radius 2 is 2.00 bits per heavy atom. The van der Waals surface area contributed by atoms with E-state index in [1.54, 1.807) is 12.1 Å². The van der Waals surface area contributed by atoms with Crippen LogP contribution in [0.1, 0.15) is 36.0 Å². The molecular formula is C13H16FNO2. The summed E-state index contributed by atoms with van der Waals surface area (Å²) in [5.41, 5.74) is 0.0327. The van der Waals surface area contributed by atoms with Crippen molar-refractivity contribution >= 4 is 5.91 Å². The van der Waals surface area contributed by atoms with Crippen LogP contribution in [0, 0.1) is 5.82 Å². The Labute approximate surface area is 99.7 Å². The van der Waals surface area contributed by atoms with Crippen molar-refractivity contribution < 1.29 is 14.3 Å². The van der Waals surface area contributed by atoms with E-state index in [-0.39, 0.29) is 11.6 Å². The van der Waals surface area contributed by atoms with Crippen molar-refractivity contribution in [2.75, 3.05) is 0 Å². The Balaban J connectivity index is 2.04. The average molecular weight is 237 g/mol. The highest BCUT2D eigenvalue weighted by molar-refractivity contribution is 5.94. The lowest BCUT2D eigenvalue weighted by atomic mass is 9.92. The third kappa shape index (κ3) is 2.82. The zero-order valence-electron chi connectivity index (χ0n) is 9.53. The molecule has 0 heterocycles. The van der Waals surface area contributed by atoms with Gasteiger partial charge in [0.15, 0.2) is 0 Å². The second-order valence-electron chi connectivity index (χ2n) is 4.41. The molecule has 1 aromatic carbocycles. The highest BCUT2D eigenvalue weighted by Gasteiger charge is 2.25. The van der Waals surface area contributed by atoms with Gasteiger partial charge in [-0.15, -0.1) is 0 Å². The van der Waals surface area contributed by atoms with Crippen LogP contribution in [0.5, 0.6) is 0 Å².